The monoisotopic (exact) mass is 264 g/mol. The molecule has 86 valence electrons. The zero-order valence-electron chi connectivity index (χ0n) is 8.76. The van der Waals surface area contributed by atoms with E-state index in [4.69, 9.17) is 11.6 Å². The molecule has 1 heterocycles. The Balaban J connectivity index is 1.99. The number of carbonyl (C=O) groups is 1. The number of halogens is 1. The average Bonchev–Trinajstić information content (AvgIpc) is 2.85. The third-order valence-electron chi connectivity index (χ3n) is 2.02. The summed E-state index contributed by atoms with van der Waals surface area (Å²) in [4.78, 5) is 12.2. The van der Waals surface area contributed by atoms with Crippen molar-refractivity contribution in [1.29, 1.82) is 0 Å². The number of hydrogen-bond donors (Lipinski definition) is 1. The number of hydrazone groups is 1. The van der Waals surface area contributed by atoms with Crippen LogP contribution in [0.3, 0.4) is 0 Å². The van der Waals surface area contributed by atoms with Crippen molar-refractivity contribution in [2.24, 2.45) is 5.10 Å². The Bertz CT molecular complexity index is 537. The van der Waals surface area contributed by atoms with Crippen LogP contribution in [0.1, 0.15) is 15.2 Å². The summed E-state index contributed by atoms with van der Waals surface area (Å²) in [6.45, 7) is 0. The molecule has 1 aromatic heterocycles. The van der Waals surface area contributed by atoms with Gasteiger partial charge >= 0.3 is 0 Å². The lowest BCUT2D eigenvalue weighted by Crippen LogP contribution is -2.16. The van der Waals surface area contributed by atoms with Crippen LogP contribution < -0.4 is 5.43 Å². The summed E-state index contributed by atoms with van der Waals surface area (Å²) in [6.07, 6.45) is 1.52. The fraction of sp³-hybridized carbons (Fsp3) is 0. The molecule has 3 nitrogen and oxygen atoms in total. The molecule has 0 aliphatic heterocycles. The van der Waals surface area contributed by atoms with Crippen LogP contribution in [0.2, 0.25) is 5.02 Å². The second-order valence-corrected chi connectivity index (χ2v) is 4.55. The van der Waals surface area contributed by atoms with Gasteiger partial charge in [0, 0.05) is 10.6 Å². The van der Waals surface area contributed by atoms with Crippen molar-refractivity contribution in [1.82, 2.24) is 5.43 Å². The molecule has 0 aliphatic rings. The maximum Gasteiger partial charge on any atom is 0.281 e. The van der Waals surface area contributed by atoms with Gasteiger partial charge < -0.3 is 0 Å². The predicted molar refractivity (Wildman–Crippen MR) is 70.8 cm³/mol. The SMILES string of the molecule is O=C(N/N=C\c1ccccc1Cl)c1cccs1. The van der Waals surface area contributed by atoms with Crippen LogP contribution in [-0.4, -0.2) is 12.1 Å². The summed E-state index contributed by atoms with van der Waals surface area (Å²) in [5.74, 6) is -0.219. The van der Waals surface area contributed by atoms with Crippen molar-refractivity contribution in [2.75, 3.05) is 0 Å². The summed E-state index contributed by atoms with van der Waals surface area (Å²) in [7, 11) is 0. The molecule has 0 radical (unpaired) electrons. The Morgan fingerprint density at radius 2 is 2.12 bits per heavy atom. The molecule has 0 spiro atoms. The van der Waals surface area contributed by atoms with E-state index in [2.05, 4.69) is 10.5 Å². The lowest BCUT2D eigenvalue weighted by Gasteiger charge is -1.97. The molecule has 2 rings (SSSR count). The normalized spacial score (nSPS) is 10.6. The molecule has 0 saturated carbocycles. The molecular weight excluding hydrogens is 256 g/mol. The van der Waals surface area contributed by atoms with Crippen LogP contribution in [0.15, 0.2) is 46.9 Å². The van der Waals surface area contributed by atoms with Crippen molar-refractivity contribution in [3.8, 4) is 0 Å². The topological polar surface area (TPSA) is 41.5 Å². The van der Waals surface area contributed by atoms with Gasteiger partial charge in [0.05, 0.1) is 11.1 Å². The van der Waals surface area contributed by atoms with Crippen molar-refractivity contribution in [3.63, 3.8) is 0 Å². The van der Waals surface area contributed by atoms with E-state index in [1.165, 1.54) is 17.6 Å². The Kier molecular flexibility index (Phi) is 3.90. The Hall–Kier alpha value is -1.65. The van der Waals surface area contributed by atoms with Gasteiger partial charge in [-0.25, -0.2) is 5.43 Å². The molecule has 1 aromatic carbocycles. The minimum atomic E-state index is -0.219. The zero-order chi connectivity index (χ0) is 12.1. The minimum Gasteiger partial charge on any atom is -0.266 e. The fourth-order valence-electron chi connectivity index (χ4n) is 1.20. The summed E-state index contributed by atoms with van der Waals surface area (Å²) in [5, 5.41) is 6.29. The fourth-order valence-corrected chi connectivity index (χ4v) is 2.00. The number of rotatable bonds is 3. The highest BCUT2D eigenvalue weighted by atomic mass is 35.5. The average molecular weight is 265 g/mol. The first kappa shape index (κ1) is 11.8. The number of carbonyl (C=O) groups excluding carboxylic acids is 1. The molecule has 0 fully saturated rings. The molecule has 17 heavy (non-hydrogen) atoms. The molecule has 2 aromatic rings. The number of benzene rings is 1. The first-order valence-electron chi connectivity index (χ1n) is 4.89. The zero-order valence-corrected chi connectivity index (χ0v) is 10.3. The van der Waals surface area contributed by atoms with Crippen LogP contribution in [0, 0.1) is 0 Å². The Morgan fingerprint density at radius 1 is 1.29 bits per heavy atom. The highest BCUT2D eigenvalue weighted by Crippen LogP contribution is 2.12. The molecule has 0 bridgehead atoms. The van der Waals surface area contributed by atoms with Crippen LogP contribution in [0.5, 0.6) is 0 Å². The highest BCUT2D eigenvalue weighted by molar-refractivity contribution is 7.12. The van der Waals surface area contributed by atoms with Gasteiger partial charge in [-0.3, -0.25) is 4.79 Å². The van der Waals surface area contributed by atoms with Gasteiger partial charge in [0.1, 0.15) is 0 Å². The first-order chi connectivity index (χ1) is 8.27. The van der Waals surface area contributed by atoms with Gasteiger partial charge in [0.15, 0.2) is 0 Å². The summed E-state index contributed by atoms with van der Waals surface area (Å²) >= 11 is 7.31. The van der Waals surface area contributed by atoms with E-state index >= 15 is 0 Å². The summed E-state index contributed by atoms with van der Waals surface area (Å²) < 4.78 is 0. The number of amides is 1. The van der Waals surface area contributed by atoms with Crippen LogP contribution in [-0.2, 0) is 0 Å². The molecule has 5 heteroatoms. The van der Waals surface area contributed by atoms with Crippen LogP contribution in [0.25, 0.3) is 0 Å². The lowest BCUT2D eigenvalue weighted by atomic mass is 10.2. The van der Waals surface area contributed by atoms with Crippen molar-refractivity contribution in [3.05, 3.63) is 57.2 Å². The van der Waals surface area contributed by atoms with Gasteiger partial charge in [0.25, 0.3) is 5.91 Å². The second-order valence-electron chi connectivity index (χ2n) is 3.20. The van der Waals surface area contributed by atoms with Crippen molar-refractivity contribution in [2.45, 2.75) is 0 Å². The van der Waals surface area contributed by atoms with E-state index in [-0.39, 0.29) is 5.91 Å². The standard InChI is InChI=1S/C12H9ClN2OS/c13-10-5-2-1-4-9(10)8-14-15-12(16)11-6-3-7-17-11/h1-8H,(H,15,16)/b14-8-. The third kappa shape index (κ3) is 3.15. The van der Waals surface area contributed by atoms with Gasteiger partial charge in [-0.1, -0.05) is 35.9 Å². The molecule has 0 unspecified atom stereocenters. The highest BCUT2D eigenvalue weighted by Gasteiger charge is 2.03. The lowest BCUT2D eigenvalue weighted by molar-refractivity contribution is 0.0959. The van der Waals surface area contributed by atoms with E-state index in [0.717, 1.165) is 5.56 Å². The summed E-state index contributed by atoms with van der Waals surface area (Å²) in [5.41, 5.74) is 3.21. The molecule has 0 aliphatic carbocycles. The molecule has 0 saturated heterocycles. The maximum absolute atomic E-state index is 11.5. The van der Waals surface area contributed by atoms with Gasteiger partial charge in [-0.05, 0) is 17.5 Å². The number of hydrogen-bond acceptors (Lipinski definition) is 3. The van der Waals surface area contributed by atoms with Gasteiger partial charge in [-0.15, -0.1) is 11.3 Å². The van der Waals surface area contributed by atoms with Crippen LogP contribution in [0.4, 0.5) is 0 Å². The van der Waals surface area contributed by atoms with Crippen LogP contribution >= 0.6 is 22.9 Å². The second kappa shape index (κ2) is 5.61. The molecule has 0 atom stereocenters. The minimum absolute atomic E-state index is 0.219. The van der Waals surface area contributed by atoms with Crippen molar-refractivity contribution >= 4 is 35.1 Å². The third-order valence-corrected chi connectivity index (χ3v) is 3.23. The van der Waals surface area contributed by atoms with Gasteiger partial charge in [-0.2, -0.15) is 5.10 Å². The quantitative estimate of drug-likeness (QED) is 0.671. The molecular formula is C12H9ClN2OS. The largest absolute Gasteiger partial charge is 0.281 e. The summed E-state index contributed by atoms with van der Waals surface area (Å²) in [6, 6.07) is 10.8. The Morgan fingerprint density at radius 3 is 2.82 bits per heavy atom. The number of nitrogens with zero attached hydrogens (tertiary/aromatic N) is 1. The molecule has 1 N–H and O–H groups in total. The van der Waals surface area contributed by atoms with E-state index in [0.29, 0.717) is 9.90 Å². The van der Waals surface area contributed by atoms with E-state index < -0.39 is 0 Å². The van der Waals surface area contributed by atoms with E-state index in [9.17, 15) is 4.79 Å². The maximum atomic E-state index is 11.5. The first-order valence-corrected chi connectivity index (χ1v) is 6.14. The number of thiophene rings is 1. The van der Waals surface area contributed by atoms with E-state index in [1.54, 1.807) is 12.1 Å². The smallest absolute Gasteiger partial charge is 0.266 e. The van der Waals surface area contributed by atoms with Crippen molar-refractivity contribution < 1.29 is 4.79 Å². The Labute approximate surface area is 108 Å². The molecule has 1 amide bonds. The predicted octanol–water partition coefficient (Wildman–Crippen LogP) is 3.17. The number of nitrogens with one attached hydrogen (secondary N) is 1. The van der Waals surface area contributed by atoms with E-state index in [1.807, 2.05) is 29.6 Å². The van der Waals surface area contributed by atoms with Gasteiger partial charge in [0.2, 0.25) is 0 Å².